The van der Waals surface area contributed by atoms with Crippen LogP contribution in [0.5, 0.6) is 0 Å². The van der Waals surface area contributed by atoms with Crippen molar-refractivity contribution >= 4 is 17.5 Å². The molecule has 0 bridgehead atoms. The van der Waals surface area contributed by atoms with Gasteiger partial charge < -0.3 is 5.32 Å². The van der Waals surface area contributed by atoms with E-state index < -0.39 is 17.8 Å². The molecule has 0 radical (unpaired) electrons. The van der Waals surface area contributed by atoms with Crippen molar-refractivity contribution in [2.45, 2.75) is 20.0 Å². The minimum atomic E-state index is -4.43. The number of rotatable bonds is 3. The first-order chi connectivity index (χ1) is 12.7. The summed E-state index contributed by atoms with van der Waals surface area (Å²) in [6.07, 6.45) is -3.15. The van der Waals surface area contributed by atoms with Crippen LogP contribution in [0.3, 0.4) is 0 Å². The van der Waals surface area contributed by atoms with Crippen LogP contribution in [0.4, 0.5) is 29.5 Å². The minimum Gasteiger partial charge on any atom is -0.308 e. The first-order valence-electron chi connectivity index (χ1n) is 7.83. The molecule has 0 atom stereocenters. The van der Waals surface area contributed by atoms with Gasteiger partial charge in [-0.3, -0.25) is 5.32 Å². The van der Waals surface area contributed by atoms with E-state index in [-0.39, 0.29) is 11.5 Å². The third kappa shape index (κ3) is 4.40. The van der Waals surface area contributed by atoms with E-state index in [1.165, 1.54) is 24.5 Å². The van der Waals surface area contributed by atoms with Crippen LogP contribution in [0, 0.1) is 13.8 Å². The quantitative estimate of drug-likeness (QED) is 0.725. The molecule has 10 heteroatoms. The molecule has 2 amide bonds. The Morgan fingerprint density at radius 1 is 1.04 bits per heavy atom. The number of hydrogen-bond donors (Lipinski definition) is 2. The second kappa shape index (κ2) is 7.06. The van der Waals surface area contributed by atoms with Crippen molar-refractivity contribution in [2.75, 3.05) is 10.6 Å². The van der Waals surface area contributed by atoms with Crippen molar-refractivity contribution < 1.29 is 18.0 Å². The summed E-state index contributed by atoms with van der Waals surface area (Å²) in [7, 11) is 0. The Balaban J connectivity index is 1.69. The third-order valence-corrected chi connectivity index (χ3v) is 3.59. The third-order valence-electron chi connectivity index (χ3n) is 3.59. The highest BCUT2D eigenvalue weighted by atomic mass is 19.4. The van der Waals surface area contributed by atoms with Gasteiger partial charge in [-0.05, 0) is 44.2 Å². The molecule has 0 unspecified atom stereocenters. The van der Waals surface area contributed by atoms with Gasteiger partial charge in [0.1, 0.15) is 12.1 Å². The maximum atomic E-state index is 12.6. The lowest BCUT2D eigenvalue weighted by molar-refractivity contribution is -0.137. The van der Waals surface area contributed by atoms with Crippen LogP contribution >= 0.6 is 0 Å². The number of carbonyl (C=O) groups is 1. The molecular weight excluding hydrogens is 361 g/mol. The van der Waals surface area contributed by atoms with Crippen LogP contribution in [-0.2, 0) is 6.18 Å². The number of hydrogen-bond acceptors (Lipinski definition) is 4. The van der Waals surface area contributed by atoms with Gasteiger partial charge >= 0.3 is 12.2 Å². The Morgan fingerprint density at radius 2 is 1.74 bits per heavy atom. The number of aromatic nitrogens is 4. The van der Waals surface area contributed by atoms with Crippen molar-refractivity contribution in [3.05, 3.63) is 59.7 Å². The monoisotopic (exact) mass is 376 g/mol. The molecule has 2 heterocycles. The second-order valence-corrected chi connectivity index (χ2v) is 5.75. The predicted octanol–water partition coefficient (Wildman–Crippen LogP) is 3.94. The highest BCUT2D eigenvalue weighted by Gasteiger charge is 2.29. The first kappa shape index (κ1) is 18.4. The van der Waals surface area contributed by atoms with Crippen molar-refractivity contribution in [1.29, 1.82) is 0 Å². The lowest BCUT2D eigenvalue weighted by atomic mass is 10.2. The van der Waals surface area contributed by atoms with Gasteiger partial charge in [-0.1, -0.05) is 0 Å². The molecule has 0 aliphatic heterocycles. The van der Waals surface area contributed by atoms with E-state index in [2.05, 4.69) is 25.7 Å². The molecule has 0 saturated carbocycles. The number of carbonyl (C=O) groups excluding carboxylic acids is 1. The summed E-state index contributed by atoms with van der Waals surface area (Å²) < 4.78 is 39.3. The largest absolute Gasteiger partial charge is 0.416 e. The van der Waals surface area contributed by atoms with Crippen molar-refractivity contribution in [3.8, 4) is 5.82 Å². The SMILES string of the molecule is Cc1cc(C)n(-c2cc(NC(=O)Nc3ccc(C(F)(F)F)cc3)ncn2)n1. The number of aryl methyl sites for hydroxylation is 2. The smallest absolute Gasteiger partial charge is 0.308 e. The number of halogens is 3. The Hall–Kier alpha value is -3.43. The van der Waals surface area contributed by atoms with E-state index in [4.69, 9.17) is 0 Å². The average molecular weight is 376 g/mol. The van der Waals surface area contributed by atoms with E-state index in [0.29, 0.717) is 5.82 Å². The molecule has 3 aromatic rings. The Bertz CT molecular complexity index is 966. The maximum Gasteiger partial charge on any atom is 0.416 e. The van der Waals surface area contributed by atoms with Crippen LogP contribution in [0.25, 0.3) is 5.82 Å². The van der Waals surface area contributed by atoms with E-state index in [1.54, 1.807) is 4.68 Å². The van der Waals surface area contributed by atoms with Crippen LogP contribution in [-0.4, -0.2) is 25.8 Å². The number of amides is 2. The summed E-state index contributed by atoms with van der Waals surface area (Å²) in [5.74, 6) is 0.692. The van der Waals surface area contributed by atoms with Crippen LogP contribution in [0.15, 0.2) is 42.7 Å². The van der Waals surface area contributed by atoms with Crippen molar-refractivity contribution in [1.82, 2.24) is 19.7 Å². The van der Waals surface area contributed by atoms with Gasteiger partial charge in [0.05, 0.1) is 11.3 Å². The maximum absolute atomic E-state index is 12.6. The van der Waals surface area contributed by atoms with E-state index >= 15 is 0 Å². The lowest BCUT2D eigenvalue weighted by Gasteiger charge is -2.10. The van der Waals surface area contributed by atoms with E-state index in [0.717, 1.165) is 23.5 Å². The average Bonchev–Trinajstić information content (AvgIpc) is 2.93. The van der Waals surface area contributed by atoms with Gasteiger partial charge in [0, 0.05) is 17.4 Å². The number of alkyl halides is 3. The summed E-state index contributed by atoms with van der Waals surface area (Å²) in [5.41, 5.74) is 1.11. The molecule has 0 aliphatic carbocycles. The minimum absolute atomic E-state index is 0.216. The molecule has 0 spiro atoms. The fourth-order valence-electron chi connectivity index (χ4n) is 2.41. The summed E-state index contributed by atoms with van der Waals surface area (Å²) in [6, 6.07) is 6.89. The second-order valence-electron chi connectivity index (χ2n) is 5.75. The number of urea groups is 1. The van der Waals surface area contributed by atoms with Crippen LogP contribution in [0.1, 0.15) is 17.0 Å². The Labute approximate surface area is 152 Å². The molecule has 0 fully saturated rings. The molecule has 0 saturated heterocycles. The number of nitrogens with zero attached hydrogens (tertiary/aromatic N) is 4. The summed E-state index contributed by atoms with van der Waals surface area (Å²) in [5, 5.41) is 9.25. The zero-order valence-corrected chi connectivity index (χ0v) is 14.4. The van der Waals surface area contributed by atoms with Crippen LogP contribution in [0.2, 0.25) is 0 Å². The molecule has 3 rings (SSSR count). The zero-order valence-electron chi connectivity index (χ0n) is 14.4. The normalized spacial score (nSPS) is 11.3. The molecule has 27 heavy (non-hydrogen) atoms. The first-order valence-corrected chi connectivity index (χ1v) is 7.83. The Morgan fingerprint density at radius 3 is 2.33 bits per heavy atom. The molecule has 2 aromatic heterocycles. The summed E-state index contributed by atoms with van der Waals surface area (Å²) >= 11 is 0. The standard InChI is InChI=1S/C17H15F3N6O/c1-10-7-11(2)26(25-10)15-8-14(21-9-22-15)24-16(27)23-13-5-3-12(4-6-13)17(18,19)20/h3-9H,1-2H3,(H2,21,22,23,24,27). The molecule has 0 aliphatic rings. The van der Waals surface area contributed by atoms with Gasteiger partial charge in [0.25, 0.3) is 0 Å². The molecular formula is C17H15F3N6O. The Kier molecular flexibility index (Phi) is 4.80. The lowest BCUT2D eigenvalue weighted by Crippen LogP contribution is -2.20. The number of anilines is 2. The van der Waals surface area contributed by atoms with Gasteiger partial charge in [0.15, 0.2) is 5.82 Å². The molecule has 140 valence electrons. The molecule has 2 N–H and O–H groups in total. The van der Waals surface area contributed by atoms with Gasteiger partial charge in [-0.15, -0.1) is 0 Å². The fraction of sp³-hybridized carbons (Fsp3) is 0.176. The highest BCUT2D eigenvalue weighted by molar-refractivity contribution is 5.99. The van der Waals surface area contributed by atoms with Gasteiger partial charge in [0.2, 0.25) is 0 Å². The van der Waals surface area contributed by atoms with Gasteiger partial charge in [-0.25, -0.2) is 19.4 Å². The number of nitrogens with one attached hydrogen (secondary N) is 2. The topological polar surface area (TPSA) is 84.7 Å². The van der Waals surface area contributed by atoms with Crippen molar-refractivity contribution in [2.24, 2.45) is 0 Å². The van der Waals surface area contributed by atoms with E-state index in [1.807, 2.05) is 19.9 Å². The van der Waals surface area contributed by atoms with Gasteiger partial charge in [-0.2, -0.15) is 18.3 Å². The molecule has 7 nitrogen and oxygen atoms in total. The highest BCUT2D eigenvalue weighted by Crippen LogP contribution is 2.29. The fourth-order valence-corrected chi connectivity index (χ4v) is 2.41. The summed E-state index contributed by atoms with van der Waals surface area (Å²) in [6.45, 7) is 3.72. The predicted molar refractivity (Wildman–Crippen MR) is 92.7 cm³/mol. The van der Waals surface area contributed by atoms with E-state index in [9.17, 15) is 18.0 Å². The zero-order chi connectivity index (χ0) is 19.6. The molecule has 1 aromatic carbocycles. The van der Waals surface area contributed by atoms with Crippen molar-refractivity contribution in [3.63, 3.8) is 0 Å². The number of benzene rings is 1. The van der Waals surface area contributed by atoms with Crippen LogP contribution < -0.4 is 10.6 Å². The summed E-state index contributed by atoms with van der Waals surface area (Å²) in [4.78, 5) is 20.1.